The van der Waals surface area contributed by atoms with Crippen LogP contribution < -0.4 is 4.74 Å². The molecule has 22 heavy (non-hydrogen) atoms. The van der Waals surface area contributed by atoms with Crippen LogP contribution in [0, 0.1) is 6.92 Å². The first kappa shape index (κ1) is 14.2. The second kappa shape index (κ2) is 5.56. The summed E-state index contributed by atoms with van der Waals surface area (Å²) in [5.41, 5.74) is 3.28. The molecule has 0 aliphatic carbocycles. The highest BCUT2D eigenvalue weighted by Crippen LogP contribution is 2.35. The lowest BCUT2D eigenvalue weighted by molar-refractivity contribution is -0.136. The standard InChI is InChI=1S/C18H16O4/c1-11-15-5-3-4-13(10-16(19)20)18(15)22-17(11)12-6-8-14(21-2)9-7-12/h3-9H,10H2,1-2H3,(H,19,20). The SMILES string of the molecule is COc1ccc(-c2oc3c(CC(=O)O)cccc3c2C)cc1. The highest BCUT2D eigenvalue weighted by atomic mass is 16.5. The van der Waals surface area contributed by atoms with E-state index in [1.807, 2.05) is 43.3 Å². The van der Waals surface area contributed by atoms with Gasteiger partial charge in [-0.1, -0.05) is 18.2 Å². The average Bonchev–Trinajstić information content (AvgIpc) is 2.85. The van der Waals surface area contributed by atoms with Gasteiger partial charge in [-0.2, -0.15) is 0 Å². The van der Waals surface area contributed by atoms with E-state index in [4.69, 9.17) is 14.3 Å². The first-order chi connectivity index (χ1) is 10.6. The van der Waals surface area contributed by atoms with Gasteiger partial charge in [-0.25, -0.2) is 0 Å². The number of aliphatic carboxylic acids is 1. The highest BCUT2D eigenvalue weighted by molar-refractivity contribution is 5.91. The second-order valence-electron chi connectivity index (χ2n) is 5.15. The van der Waals surface area contributed by atoms with Crippen molar-refractivity contribution >= 4 is 16.9 Å². The molecule has 2 aromatic carbocycles. The van der Waals surface area contributed by atoms with Crippen LogP contribution in [-0.2, 0) is 11.2 Å². The summed E-state index contributed by atoms with van der Waals surface area (Å²) in [5, 5.41) is 9.97. The summed E-state index contributed by atoms with van der Waals surface area (Å²) in [6.07, 6.45) is -0.0493. The number of methoxy groups -OCH3 is 1. The minimum atomic E-state index is -0.868. The molecule has 0 bridgehead atoms. The predicted molar refractivity (Wildman–Crippen MR) is 84.3 cm³/mol. The van der Waals surface area contributed by atoms with Crippen molar-refractivity contribution < 1.29 is 19.1 Å². The molecule has 0 radical (unpaired) electrons. The number of fused-ring (bicyclic) bond motifs is 1. The summed E-state index contributed by atoms with van der Waals surface area (Å²) in [5.74, 6) is 0.673. The molecule has 0 saturated heterocycles. The maximum absolute atomic E-state index is 11.0. The van der Waals surface area contributed by atoms with E-state index in [1.165, 1.54) is 0 Å². The van der Waals surface area contributed by atoms with Crippen LogP contribution >= 0.6 is 0 Å². The smallest absolute Gasteiger partial charge is 0.307 e. The van der Waals surface area contributed by atoms with Gasteiger partial charge in [-0.05, 0) is 31.2 Å². The van der Waals surface area contributed by atoms with Gasteiger partial charge in [0.15, 0.2) is 0 Å². The van der Waals surface area contributed by atoms with Crippen LogP contribution in [0.3, 0.4) is 0 Å². The Kier molecular flexibility index (Phi) is 3.59. The number of para-hydroxylation sites is 1. The Morgan fingerprint density at radius 1 is 1.18 bits per heavy atom. The van der Waals surface area contributed by atoms with E-state index in [2.05, 4.69) is 0 Å². The quantitative estimate of drug-likeness (QED) is 0.789. The molecule has 0 saturated carbocycles. The number of hydrogen-bond donors (Lipinski definition) is 1. The number of carboxylic acid groups (broad SMARTS) is 1. The fourth-order valence-electron chi connectivity index (χ4n) is 2.62. The fraction of sp³-hybridized carbons (Fsp3) is 0.167. The molecule has 4 nitrogen and oxygen atoms in total. The molecule has 112 valence electrons. The molecule has 0 atom stereocenters. The van der Waals surface area contributed by atoms with Crippen molar-refractivity contribution in [1.29, 1.82) is 0 Å². The summed E-state index contributed by atoms with van der Waals surface area (Å²) in [6.45, 7) is 1.98. The van der Waals surface area contributed by atoms with E-state index < -0.39 is 5.97 Å². The number of ether oxygens (including phenoxy) is 1. The summed E-state index contributed by atoms with van der Waals surface area (Å²) in [6, 6.07) is 13.2. The number of aryl methyl sites for hydroxylation is 1. The zero-order valence-electron chi connectivity index (χ0n) is 12.4. The lowest BCUT2D eigenvalue weighted by Crippen LogP contribution is -1.99. The van der Waals surface area contributed by atoms with Gasteiger partial charge in [-0.3, -0.25) is 4.79 Å². The molecule has 1 N–H and O–H groups in total. The minimum absolute atomic E-state index is 0.0493. The highest BCUT2D eigenvalue weighted by Gasteiger charge is 2.16. The van der Waals surface area contributed by atoms with Gasteiger partial charge in [0.1, 0.15) is 17.1 Å². The van der Waals surface area contributed by atoms with Gasteiger partial charge in [-0.15, -0.1) is 0 Å². The van der Waals surface area contributed by atoms with Crippen molar-refractivity contribution in [3.05, 3.63) is 53.6 Å². The molecule has 0 fully saturated rings. The maximum atomic E-state index is 11.0. The van der Waals surface area contributed by atoms with Crippen LogP contribution in [0.5, 0.6) is 5.75 Å². The van der Waals surface area contributed by atoms with Crippen LogP contribution in [0.25, 0.3) is 22.3 Å². The lowest BCUT2D eigenvalue weighted by atomic mass is 10.0. The zero-order valence-corrected chi connectivity index (χ0v) is 12.4. The van der Waals surface area contributed by atoms with Gasteiger partial charge < -0.3 is 14.3 Å². The molecule has 4 heteroatoms. The van der Waals surface area contributed by atoms with E-state index in [0.717, 1.165) is 28.0 Å². The predicted octanol–water partition coefficient (Wildman–Crippen LogP) is 4.04. The largest absolute Gasteiger partial charge is 0.497 e. The second-order valence-corrected chi connectivity index (χ2v) is 5.15. The Balaban J connectivity index is 2.14. The van der Waals surface area contributed by atoms with E-state index in [1.54, 1.807) is 13.2 Å². The maximum Gasteiger partial charge on any atom is 0.307 e. The Labute approximate surface area is 127 Å². The van der Waals surface area contributed by atoms with E-state index in [9.17, 15) is 4.79 Å². The molecule has 1 heterocycles. The molecular formula is C18H16O4. The molecule has 0 amide bonds. The van der Waals surface area contributed by atoms with Gasteiger partial charge in [0.25, 0.3) is 0 Å². The monoisotopic (exact) mass is 296 g/mol. The molecule has 0 aliphatic rings. The molecule has 0 aliphatic heterocycles. The molecule has 1 aromatic heterocycles. The molecule has 3 rings (SSSR count). The van der Waals surface area contributed by atoms with E-state index in [-0.39, 0.29) is 6.42 Å². The van der Waals surface area contributed by atoms with Gasteiger partial charge in [0, 0.05) is 22.1 Å². The minimum Gasteiger partial charge on any atom is -0.497 e. The van der Waals surface area contributed by atoms with Crippen LogP contribution in [0.4, 0.5) is 0 Å². The summed E-state index contributed by atoms with van der Waals surface area (Å²) in [7, 11) is 1.62. The van der Waals surface area contributed by atoms with Crippen molar-refractivity contribution in [3.63, 3.8) is 0 Å². The molecular weight excluding hydrogens is 280 g/mol. The summed E-state index contributed by atoms with van der Waals surface area (Å²) >= 11 is 0. The third kappa shape index (κ3) is 2.44. The molecule has 0 spiro atoms. The Hall–Kier alpha value is -2.75. The van der Waals surface area contributed by atoms with Crippen LogP contribution in [0.1, 0.15) is 11.1 Å². The third-order valence-electron chi connectivity index (χ3n) is 3.74. The van der Waals surface area contributed by atoms with Gasteiger partial charge >= 0.3 is 5.97 Å². The lowest BCUT2D eigenvalue weighted by Gasteiger charge is -2.01. The third-order valence-corrected chi connectivity index (χ3v) is 3.74. The first-order valence-electron chi connectivity index (χ1n) is 6.97. The summed E-state index contributed by atoms with van der Waals surface area (Å²) < 4.78 is 11.1. The van der Waals surface area contributed by atoms with Crippen molar-refractivity contribution in [3.8, 4) is 17.1 Å². The Bertz CT molecular complexity index is 828. The van der Waals surface area contributed by atoms with E-state index >= 15 is 0 Å². The first-order valence-corrected chi connectivity index (χ1v) is 6.97. The number of benzene rings is 2. The number of carboxylic acids is 1. The number of carbonyl (C=O) groups is 1. The molecule has 3 aromatic rings. The summed E-state index contributed by atoms with van der Waals surface area (Å²) in [4.78, 5) is 11.0. The van der Waals surface area contributed by atoms with Gasteiger partial charge in [0.2, 0.25) is 0 Å². The Morgan fingerprint density at radius 2 is 1.91 bits per heavy atom. The number of rotatable bonds is 4. The van der Waals surface area contributed by atoms with Crippen molar-refractivity contribution in [2.24, 2.45) is 0 Å². The number of hydrogen-bond acceptors (Lipinski definition) is 3. The van der Waals surface area contributed by atoms with Crippen LogP contribution in [0.15, 0.2) is 46.9 Å². The fourth-order valence-corrected chi connectivity index (χ4v) is 2.62. The van der Waals surface area contributed by atoms with Crippen molar-refractivity contribution in [1.82, 2.24) is 0 Å². The van der Waals surface area contributed by atoms with E-state index in [0.29, 0.717) is 11.1 Å². The average molecular weight is 296 g/mol. The van der Waals surface area contributed by atoms with Crippen LogP contribution in [0.2, 0.25) is 0 Å². The van der Waals surface area contributed by atoms with Crippen LogP contribution in [-0.4, -0.2) is 18.2 Å². The zero-order chi connectivity index (χ0) is 15.7. The van der Waals surface area contributed by atoms with Gasteiger partial charge in [0.05, 0.1) is 13.5 Å². The normalized spacial score (nSPS) is 10.8. The van der Waals surface area contributed by atoms with Crippen molar-refractivity contribution in [2.45, 2.75) is 13.3 Å². The van der Waals surface area contributed by atoms with Crippen molar-refractivity contribution in [2.75, 3.05) is 7.11 Å². The Morgan fingerprint density at radius 3 is 2.55 bits per heavy atom. The number of furan rings is 1. The molecule has 0 unspecified atom stereocenters. The topological polar surface area (TPSA) is 59.7 Å².